The molecule has 0 aliphatic heterocycles. The van der Waals surface area contributed by atoms with Crippen LogP contribution in [0.25, 0.3) is 0 Å². The second-order valence-electron chi connectivity index (χ2n) is 8.04. The van der Waals surface area contributed by atoms with Crippen LogP contribution in [0.5, 0.6) is 0 Å². The maximum Gasteiger partial charge on any atom is 0.242 e. The molecule has 0 saturated heterocycles. The third kappa shape index (κ3) is 4.20. The smallest absolute Gasteiger partial charge is 0.242 e. The molecule has 2 aliphatic carbocycles. The molecule has 2 aliphatic rings. The largest absolute Gasteiger partial charge is 0.353 e. The van der Waals surface area contributed by atoms with Crippen molar-refractivity contribution in [3.05, 3.63) is 24.0 Å². The highest BCUT2D eigenvalue weighted by molar-refractivity contribution is 6.19. The molecule has 0 aromatic carbocycles. The molecular formula is C19H28ClN3O2. The summed E-state index contributed by atoms with van der Waals surface area (Å²) >= 11 is 5.98. The Morgan fingerprint density at radius 3 is 2.28 bits per heavy atom. The van der Waals surface area contributed by atoms with E-state index < -0.39 is 5.41 Å². The number of aryl methyl sites for hydroxylation is 1. The molecule has 1 heterocycles. The van der Waals surface area contributed by atoms with Crippen molar-refractivity contribution >= 4 is 23.4 Å². The highest BCUT2D eigenvalue weighted by atomic mass is 35.5. The zero-order valence-corrected chi connectivity index (χ0v) is 16.1. The number of carbonyl (C=O) groups is 2. The Balaban J connectivity index is 1.71. The lowest BCUT2D eigenvalue weighted by Crippen LogP contribution is -2.49. The van der Waals surface area contributed by atoms with Crippen LogP contribution < -0.4 is 0 Å². The highest BCUT2D eigenvalue weighted by Gasteiger charge is 2.42. The van der Waals surface area contributed by atoms with Gasteiger partial charge in [0.25, 0.3) is 0 Å². The lowest BCUT2D eigenvalue weighted by Gasteiger charge is -2.32. The molecule has 3 rings (SSSR count). The van der Waals surface area contributed by atoms with E-state index in [0.29, 0.717) is 12.6 Å². The van der Waals surface area contributed by atoms with Gasteiger partial charge in [0.2, 0.25) is 11.8 Å². The van der Waals surface area contributed by atoms with Crippen molar-refractivity contribution in [3.63, 3.8) is 0 Å². The van der Waals surface area contributed by atoms with E-state index in [1.54, 1.807) is 4.90 Å². The Morgan fingerprint density at radius 1 is 1.20 bits per heavy atom. The number of carbonyl (C=O) groups excluding carboxylic acids is 2. The van der Waals surface area contributed by atoms with Gasteiger partial charge in [0.15, 0.2) is 0 Å². The fourth-order valence-electron chi connectivity index (χ4n) is 3.08. The van der Waals surface area contributed by atoms with E-state index in [1.807, 2.05) is 48.7 Å². The summed E-state index contributed by atoms with van der Waals surface area (Å²) in [5, 5.41) is 0. The van der Waals surface area contributed by atoms with Gasteiger partial charge in [-0.3, -0.25) is 9.59 Å². The van der Waals surface area contributed by atoms with Crippen molar-refractivity contribution in [3.8, 4) is 0 Å². The number of amides is 2. The van der Waals surface area contributed by atoms with Gasteiger partial charge in [0.05, 0.1) is 12.0 Å². The summed E-state index contributed by atoms with van der Waals surface area (Å²) in [5.74, 6) is 0.307. The molecular weight excluding hydrogens is 338 g/mol. The minimum atomic E-state index is -0.632. The Bertz CT molecular complexity index is 647. The number of halogens is 1. The summed E-state index contributed by atoms with van der Waals surface area (Å²) < 4.78 is 2.04. The van der Waals surface area contributed by atoms with Gasteiger partial charge in [-0.25, -0.2) is 0 Å². The van der Waals surface area contributed by atoms with E-state index in [2.05, 4.69) is 0 Å². The summed E-state index contributed by atoms with van der Waals surface area (Å²) in [6.45, 7) is 4.49. The number of nitrogens with zero attached hydrogens (tertiary/aromatic N) is 3. The van der Waals surface area contributed by atoms with Gasteiger partial charge in [0.1, 0.15) is 6.54 Å². The molecule has 6 heteroatoms. The van der Waals surface area contributed by atoms with Crippen molar-refractivity contribution in [2.45, 2.75) is 58.2 Å². The summed E-state index contributed by atoms with van der Waals surface area (Å²) in [4.78, 5) is 29.6. The molecule has 0 N–H and O–H groups in total. The Labute approximate surface area is 154 Å². The fourth-order valence-corrected chi connectivity index (χ4v) is 3.19. The molecule has 2 fully saturated rings. The van der Waals surface area contributed by atoms with E-state index in [9.17, 15) is 9.59 Å². The van der Waals surface area contributed by atoms with E-state index in [1.165, 1.54) is 0 Å². The summed E-state index contributed by atoms with van der Waals surface area (Å²) in [7, 11) is 1.99. The molecule has 5 nitrogen and oxygen atoms in total. The van der Waals surface area contributed by atoms with E-state index in [-0.39, 0.29) is 30.3 Å². The van der Waals surface area contributed by atoms with E-state index in [0.717, 1.165) is 31.4 Å². The highest BCUT2D eigenvalue weighted by Crippen LogP contribution is 2.33. The van der Waals surface area contributed by atoms with E-state index >= 15 is 0 Å². The Morgan fingerprint density at radius 2 is 1.80 bits per heavy atom. The van der Waals surface area contributed by atoms with Crippen LogP contribution in [-0.2, 0) is 23.2 Å². The first-order chi connectivity index (χ1) is 11.8. The Kier molecular flexibility index (Phi) is 5.14. The minimum Gasteiger partial charge on any atom is -0.353 e. The van der Waals surface area contributed by atoms with Crippen molar-refractivity contribution in [2.24, 2.45) is 12.5 Å². The van der Waals surface area contributed by atoms with Crippen LogP contribution in [-0.4, -0.2) is 50.7 Å². The van der Waals surface area contributed by atoms with Crippen LogP contribution in [0.15, 0.2) is 18.3 Å². The molecule has 0 radical (unpaired) electrons. The monoisotopic (exact) mass is 365 g/mol. The molecule has 25 heavy (non-hydrogen) atoms. The van der Waals surface area contributed by atoms with Crippen LogP contribution in [0.4, 0.5) is 0 Å². The summed E-state index contributed by atoms with van der Waals surface area (Å²) in [6, 6.07) is 4.56. The average Bonchev–Trinajstić information content (AvgIpc) is 3.49. The lowest BCUT2D eigenvalue weighted by atomic mass is 9.94. The summed E-state index contributed by atoms with van der Waals surface area (Å²) in [5.41, 5.74) is 0.484. The number of hydrogen-bond donors (Lipinski definition) is 0. The topological polar surface area (TPSA) is 45.6 Å². The van der Waals surface area contributed by atoms with Gasteiger partial charge in [-0.05, 0) is 51.7 Å². The first-order valence-electron chi connectivity index (χ1n) is 9.10. The van der Waals surface area contributed by atoms with Crippen molar-refractivity contribution < 1.29 is 9.59 Å². The van der Waals surface area contributed by atoms with Crippen LogP contribution >= 0.6 is 11.6 Å². The Hall–Kier alpha value is -1.49. The zero-order valence-electron chi connectivity index (χ0n) is 15.4. The quantitative estimate of drug-likeness (QED) is 0.665. The maximum absolute atomic E-state index is 13.0. The predicted molar refractivity (Wildman–Crippen MR) is 98.2 cm³/mol. The third-order valence-corrected chi connectivity index (χ3v) is 5.83. The number of aromatic nitrogens is 1. The number of rotatable bonds is 8. The average molecular weight is 366 g/mol. The molecule has 0 unspecified atom stereocenters. The molecule has 138 valence electrons. The molecule has 2 saturated carbocycles. The van der Waals surface area contributed by atoms with Crippen molar-refractivity contribution in [1.29, 1.82) is 0 Å². The lowest BCUT2D eigenvalue weighted by molar-refractivity contribution is -0.146. The van der Waals surface area contributed by atoms with Gasteiger partial charge in [-0.15, -0.1) is 11.6 Å². The van der Waals surface area contributed by atoms with E-state index in [4.69, 9.17) is 11.6 Å². The van der Waals surface area contributed by atoms with Crippen LogP contribution in [0.2, 0.25) is 0 Å². The zero-order chi connectivity index (χ0) is 18.2. The molecule has 0 spiro atoms. The normalized spacial score (nSPS) is 17.4. The second-order valence-corrected chi connectivity index (χ2v) is 8.31. The van der Waals surface area contributed by atoms with Crippen LogP contribution in [0.3, 0.4) is 0 Å². The van der Waals surface area contributed by atoms with Crippen molar-refractivity contribution in [2.75, 3.05) is 12.4 Å². The van der Waals surface area contributed by atoms with Gasteiger partial charge >= 0.3 is 0 Å². The first-order valence-corrected chi connectivity index (χ1v) is 9.63. The van der Waals surface area contributed by atoms with Gasteiger partial charge in [-0.1, -0.05) is 0 Å². The fraction of sp³-hybridized carbons (Fsp3) is 0.684. The number of alkyl halides is 1. The standard InChI is InChI=1S/C19H28ClN3O2/c1-19(2,13-20)18(25)23(15-8-9-15)12-17(24)22(14-6-7-14)11-16-5-4-10-21(16)3/h4-5,10,14-15H,6-9,11-13H2,1-3H3. The summed E-state index contributed by atoms with van der Waals surface area (Å²) in [6.07, 6.45) is 6.08. The van der Waals surface area contributed by atoms with Crippen molar-refractivity contribution in [1.82, 2.24) is 14.4 Å². The maximum atomic E-state index is 13.0. The molecule has 1 aromatic heterocycles. The van der Waals surface area contributed by atoms with Gasteiger partial charge in [-0.2, -0.15) is 0 Å². The molecule has 0 bridgehead atoms. The van der Waals surface area contributed by atoms with Crippen LogP contribution in [0.1, 0.15) is 45.2 Å². The van der Waals surface area contributed by atoms with Gasteiger partial charge < -0.3 is 14.4 Å². The molecule has 0 atom stereocenters. The predicted octanol–water partition coefficient (Wildman–Crippen LogP) is 2.77. The first kappa shape index (κ1) is 18.3. The molecule has 1 aromatic rings. The SMILES string of the molecule is Cn1cccc1CN(C(=O)CN(C(=O)C(C)(C)CCl)C1CC1)C1CC1. The molecule has 2 amide bonds. The van der Waals surface area contributed by atoms with Crippen LogP contribution in [0, 0.1) is 5.41 Å². The second kappa shape index (κ2) is 7.02. The third-order valence-electron chi connectivity index (χ3n) is 5.16. The number of hydrogen-bond acceptors (Lipinski definition) is 2. The minimum absolute atomic E-state index is 0.00652. The van der Waals surface area contributed by atoms with Gasteiger partial charge in [0, 0.05) is 36.9 Å².